The molecule has 0 nitrogen and oxygen atoms in total. The van der Waals surface area contributed by atoms with Crippen molar-refractivity contribution in [3.8, 4) is 22.3 Å². The molecule has 0 N–H and O–H groups in total. The van der Waals surface area contributed by atoms with Gasteiger partial charge >= 0.3 is 25.8 Å². The third-order valence-electron chi connectivity index (χ3n) is 10.9. The van der Waals surface area contributed by atoms with Crippen molar-refractivity contribution in [2.45, 2.75) is 52.4 Å². The van der Waals surface area contributed by atoms with Gasteiger partial charge in [0.05, 0.1) is 0 Å². The van der Waals surface area contributed by atoms with Crippen LogP contribution in [0.25, 0.3) is 43.8 Å². The summed E-state index contributed by atoms with van der Waals surface area (Å²) in [6, 6.07) is 64.7. The molecule has 0 radical (unpaired) electrons. The van der Waals surface area contributed by atoms with Crippen LogP contribution in [0.15, 0.2) is 170 Å². The van der Waals surface area contributed by atoms with Crippen molar-refractivity contribution < 1.29 is 25.8 Å². The molecule has 0 heterocycles. The predicted octanol–water partition coefficient (Wildman–Crippen LogP) is 11.6. The molecular weight excluding hydrogens is 831 g/mol. The Morgan fingerprint density at radius 1 is 0.407 bits per heavy atom. The average Bonchev–Trinajstić information content (AvgIpc) is 3.78. The van der Waals surface area contributed by atoms with Gasteiger partial charge in [0.25, 0.3) is 0 Å². The zero-order valence-electron chi connectivity index (χ0n) is 33.2. The van der Waals surface area contributed by atoms with Gasteiger partial charge in [0.1, 0.15) is 8.07 Å². The predicted molar refractivity (Wildman–Crippen MR) is 237 cm³/mol. The molecule has 0 saturated carbocycles. The topological polar surface area (TPSA) is 0 Å². The first-order valence-corrected chi connectivity index (χ1v) is 20.3. The van der Waals surface area contributed by atoms with E-state index < -0.39 is 8.07 Å². The van der Waals surface area contributed by atoms with E-state index in [1.807, 2.05) is 0 Å². The third kappa shape index (κ3) is 7.24. The van der Waals surface area contributed by atoms with Gasteiger partial charge in [-0.05, 0) is 43.5 Å². The van der Waals surface area contributed by atoms with E-state index in [1.54, 1.807) is 0 Å². The first kappa shape index (κ1) is 40.8. The fourth-order valence-electron chi connectivity index (χ4n) is 8.08. The molecule has 0 saturated heterocycles. The van der Waals surface area contributed by atoms with E-state index in [-0.39, 0.29) is 51.5 Å². The maximum absolute atomic E-state index is 2.78. The molecule has 0 spiro atoms. The molecule has 8 rings (SSSR count). The first-order chi connectivity index (χ1) is 24.5. The molecule has 54 heavy (non-hydrogen) atoms. The van der Waals surface area contributed by atoms with Crippen LogP contribution in [-0.4, -0.2) is 8.07 Å². The van der Waals surface area contributed by atoms with Crippen molar-refractivity contribution in [2.24, 2.45) is 0 Å². The SMILES string of the molecule is CC(C)(C)c1ccc(-c2cccc3[cH-]c([Si](c4ccccc4)(c4ccccc4)c4cc5c(-c6ccc(C(C)(C)C)cc6)cccc5[cH-]4)cc23)cc1.[CH3-].[CH3-].[Hf+4]. The fourth-order valence-corrected chi connectivity index (χ4v) is 12.9. The second kappa shape index (κ2) is 15.8. The summed E-state index contributed by atoms with van der Waals surface area (Å²) >= 11 is 0. The molecule has 0 aliphatic carbocycles. The molecule has 0 unspecified atom stereocenters. The number of benzene rings is 6. The molecule has 0 amide bonds. The van der Waals surface area contributed by atoms with Crippen LogP contribution in [0, 0.1) is 14.9 Å². The standard InChI is InChI=1S/C50H46Si.2CH3.Hf/c1-49(2,3)39-27-23-35(24-28-39)45-21-13-15-37-31-43(33-47(37)45)51(41-17-9-7-10-18-41,42-19-11-8-12-20-42)44-32-38-16-14-22-46(48(38)34-44)36-25-29-40(30-26-36)50(4,5)6;;;/h7-34H,1-6H3;2*1H3;/q-2;2*-1;+4. The van der Waals surface area contributed by atoms with Crippen molar-refractivity contribution in [1.29, 1.82) is 0 Å². The summed E-state index contributed by atoms with van der Waals surface area (Å²) in [6.45, 7) is 13.7. The Kier molecular flexibility index (Phi) is 11.9. The zero-order valence-corrected chi connectivity index (χ0v) is 37.8. The second-order valence-corrected chi connectivity index (χ2v) is 20.1. The average molecular weight is 884 g/mol. The fraction of sp³-hybridized carbons (Fsp3) is 0.154. The number of hydrogen-bond acceptors (Lipinski definition) is 0. The zero-order chi connectivity index (χ0) is 35.4. The molecule has 0 aliphatic heterocycles. The Morgan fingerprint density at radius 2 is 0.759 bits per heavy atom. The van der Waals surface area contributed by atoms with E-state index >= 15 is 0 Å². The van der Waals surface area contributed by atoms with Gasteiger partial charge < -0.3 is 14.9 Å². The number of fused-ring (bicyclic) bond motifs is 2. The quantitative estimate of drug-likeness (QED) is 0.115. The maximum atomic E-state index is 2.53. The first-order valence-electron chi connectivity index (χ1n) is 18.3. The van der Waals surface area contributed by atoms with Crippen molar-refractivity contribution in [2.75, 3.05) is 0 Å². The summed E-state index contributed by atoms with van der Waals surface area (Å²) in [5.74, 6) is 0. The van der Waals surface area contributed by atoms with E-state index in [4.69, 9.17) is 0 Å². The Balaban J connectivity index is 0.00000187. The molecule has 8 aromatic rings. The number of rotatable bonds is 6. The normalized spacial score (nSPS) is 11.8. The van der Waals surface area contributed by atoms with Crippen molar-refractivity contribution in [3.05, 3.63) is 196 Å². The van der Waals surface area contributed by atoms with Crippen LogP contribution in [0.1, 0.15) is 52.7 Å². The summed E-state index contributed by atoms with van der Waals surface area (Å²) in [5, 5.41) is 10.8. The smallest absolute Gasteiger partial charge is 0.358 e. The van der Waals surface area contributed by atoms with Crippen molar-refractivity contribution >= 4 is 50.4 Å². The van der Waals surface area contributed by atoms with Crippen LogP contribution in [0.3, 0.4) is 0 Å². The van der Waals surface area contributed by atoms with Crippen LogP contribution in [0.5, 0.6) is 0 Å². The van der Waals surface area contributed by atoms with Gasteiger partial charge in [-0.1, -0.05) is 174 Å². The molecule has 2 heteroatoms. The van der Waals surface area contributed by atoms with Gasteiger partial charge in [-0.3, -0.25) is 0 Å². The largest absolute Gasteiger partial charge is 4.00 e. The molecule has 0 fully saturated rings. The molecule has 8 aromatic carbocycles. The Hall–Kier alpha value is -4.37. The second-order valence-electron chi connectivity index (χ2n) is 16.2. The molecule has 0 bridgehead atoms. The summed E-state index contributed by atoms with van der Waals surface area (Å²) < 4.78 is 0. The number of hydrogen-bond donors (Lipinski definition) is 0. The van der Waals surface area contributed by atoms with Gasteiger partial charge in [-0.15, -0.1) is 68.3 Å². The molecule has 268 valence electrons. The summed E-state index contributed by atoms with van der Waals surface area (Å²) in [5.41, 5.74) is 8.05. The van der Waals surface area contributed by atoms with Crippen LogP contribution in [0.4, 0.5) is 0 Å². The van der Waals surface area contributed by atoms with E-state index in [0.717, 1.165) is 0 Å². The summed E-state index contributed by atoms with van der Waals surface area (Å²) in [4.78, 5) is 0. The van der Waals surface area contributed by atoms with Crippen LogP contribution in [-0.2, 0) is 36.7 Å². The van der Waals surface area contributed by atoms with Crippen LogP contribution in [0.2, 0.25) is 0 Å². The molecule has 0 aliphatic rings. The molecule has 0 aromatic heterocycles. The Morgan fingerprint density at radius 3 is 1.09 bits per heavy atom. The Labute approximate surface area is 344 Å². The van der Waals surface area contributed by atoms with Gasteiger partial charge in [0.2, 0.25) is 0 Å². The van der Waals surface area contributed by atoms with Gasteiger partial charge in [-0.25, -0.2) is 0 Å². The monoisotopic (exact) mass is 884 g/mol. The molecule has 0 atom stereocenters. The summed E-state index contributed by atoms with van der Waals surface area (Å²) in [6.07, 6.45) is 0. The third-order valence-corrected chi connectivity index (χ3v) is 15.6. The molecular formula is C52H52HfSi. The summed E-state index contributed by atoms with van der Waals surface area (Å²) in [7, 11) is -2.78. The minimum absolute atomic E-state index is 0. The van der Waals surface area contributed by atoms with Crippen molar-refractivity contribution in [1.82, 2.24) is 0 Å². The van der Waals surface area contributed by atoms with Gasteiger partial charge in [-0.2, -0.15) is 12.1 Å². The van der Waals surface area contributed by atoms with E-state index in [9.17, 15) is 0 Å². The minimum Gasteiger partial charge on any atom is -0.358 e. The van der Waals surface area contributed by atoms with Gasteiger partial charge in [0, 0.05) is 0 Å². The van der Waals surface area contributed by atoms with E-state index in [2.05, 4.69) is 211 Å². The van der Waals surface area contributed by atoms with E-state index in [0.29, 0.717) is 0 Å². The van der Waals surface area contributed by atoms with Crippen LogP contribution >= 0.6 is 0 Å². The van der Waals surface area contributed by atoms with Gasteiger partial charge in [0.15, 0.2) is 0 Å². The van der Waals surface area contributed by atoms with E-state index in [1.165, 1.54) is 75.7 Å². The minimum atomic E-state index is -2.78. The maximum Gasteiger partial charge on any atom is 4.00 e. The Bertz CT molecular complexity index is 2270. The van der Waals surface area contributed by atoms with Crippen molar-refractivity contribution in [3.63, 3.8) is 0 Å². The van der Waals surface area contributed by atoms with Crippen LogP contribution < -0.4 is 20.7 Å².